The Labute approximate surface area is 122 Å². The molecule has 6 heteroatoms. The highest BCUT2D eigenvalue weighted by Gasteiger charge is 2.25. The molecule has 0 radical (unpaired) electrons. The van der Waals surface area contributed by atoms with Gasteiger partial charge in [-0.2, -0.15) is 0 Å². The fourth-order valence-electron chi connectivity index (χ4n) is 2.42. The molecule has 0 spiro atoms. The molecule has 1 aliphatic rings. The smallest absolute Gasteiger partial charge is 0.255 e. The normalized spacial score (nSPS) is 15.0. The molecule has 3 heterocycles. The number of rotatable bonds is 2. The molecule has 6 nitrogen and oxygen atoms in total. The molecule has 3 rings (SSSR count). The molecule has 0 saturated carbocycles. The Hall–Kier alpha value is -2.63. The molecule has 0 unspecified atom stereocenters. The number of pyridine rings is 1. The number of hydrogen-bond donors (Lipinski definition) is 1. The summed E-state index contributed by atoms with van der Waals surface area (Å²) in [7, 11) is 0. The van der Waals surface area contributed by atoms with Crippen LogP contribution in [0.5, 0.6) is 0 Å². The molecule has 1 N–H and O–H groups in total. The first-order valence-electron chi connectivity index (χ1n) is 6.87. The minimum atomic E-state index is -0.0307. The quantitative estimate of drug-likeness (QED) is 0.894. The molecule has 0 bridgehead atoms. The van der Waals surface area contributed by atoms with E-state index in [0.29, 0.717) is 37.3 Å². The van der Waals surface area contributed by atoms with Gasteiger partial charge in [0.25, 0.3) is 11.8 Å². The van der Waals surface area contributed by atoms with Gasteiger partial charge in [0.05, 0.1) is 11.1 Å². The third-order valence-corrected chi connectivity index (χ3v) is 3.61. The summed E-state index contributed by atoms with van der Waals surface area (Å²) in [4.78, 5) is 34.9. The lowest BCUT2D eigenvalue weighted by Gasteiger charge is -2.34. The Kier molecular flexibility index (Phi) is 3.68. The number of H-pyrrole nitrogens is 1. The van der Waals surface area contributed by atoms with Crippen molar-refractivity contribution in [3.8, 4) is 0 Å². The molecule has 108 valence electrons. The lowest BCUT2D eigenvalue weighted by molar-refractivity contribution is 0.0535. The van der Waals surface area contributed by atoms with Crippen molar-refractivity contribution >= 4 is 11.8 Å². The van der Waals surface area contributed by atoms with E-state index in [9.17, 15) is 9.59 Å². The Morgan fingerprint density at radius 2 is 1.67 bits per heavy atom. The molecule has 0 aliphatic carbocycles. The first-order valence-corrected chi connectivity index (χ1v) is 6.87. The largest absolute Gasteiger partial charge is 0.367 e. The van der Waals surface area contributed by atoms with Gasteiger partial charge in [0.15, 0.2) is 0 Å². The van der Waals surface area contributed by atoms with E-state index in [1.165, 1.54) is 0 Å². The van der Waals surface area contributed by atoms with Gasteiger partial charge in [0.2, 0.25) is 0 Å². The van der Waals surface area contributed by atoms with E-state index in [1.54, 1.807) is 52.8 Å². The number of piperazine rings is 1. The summed E-state index contributed by atoms with van der Waals surface area (Å²) in [5.41, 5.74) is 1.24. The number of carbonyl (C=O) groups excluding carboxylic acids is 2. The van der Waals surface area contributed by atoms with Crippen LogP contribution in [-0.4, -0.2) is 57.8 Å². The number of carbonyl (C=O) groups is 2. The van der Waals surface area contributed by atoms with Crippen molar-refractivity contribution in [3.05, 3.63) is 54.1 Å². The van der Waals surface area contributed by atoms with Gasteiger partial charge < -0.3 is 14.8 Å². The van der Waals surface area contributed by atoms with Crippen molar-refractivity contribution < 1.29 is 9.59 Å². The second-order valence-corrected chi connectivity index (χ2v) is 4.93. The number of hydrogen-bond acceptors (Lipinski definition) is 3. The summed E-state index contributed by atoms with van der Waals surface area (Å²) in [5.74, 6) is -0.0263. The van der Waals surface area contributed by atoms with Crippen molar-refractivity contribution in [3.63, 3.8) is 0 Å². The van der Waals surface area contributed by atoms with Crippen LogP contribution in [0.25, 0.3) is 0 Å². The molecule has 2 aromatic rings. The predicted molar refractivity (Wildman–Crippen MR) is 76.8 cm³/mol. The molecule has 1 fully saturated rings. The predicted octanol–water partition coefficient (Wildman–Crippen LogP) is 1.01. The molecule has 1 saturated heterocycles. The van der Waals surface area contributed by atoms with Crippen LogP contribution in [-0.2, 0) is 0 Å². The van der Waals surface area contributed by atoms with E-state index in [4.69, 9.17) is 0 Å². The van der Waals surface area contributed by atoms with Gasteiger partial charge in [-0.25, -0.2) is 0 Å². The molecule has 2 amide bonds. The number of amides is 2. The average molecular weight is 284 g/mol. The first-order chi connectivity index (χ1) is 10.3. The molecule has 21 heavy (non-hydrogen) atoms. The van der Waals surface area contributed by atoms with Crippen LogP contribution in [0.4, 0.5) is 0 Å². The third-order valence-electron chi connectivity index (χ3n) is 3.61. The van der Waals surface area contributed by atoms with Crippen LogP contribution in [0.1, 0.15) is 20.7 Å². The number of aromatic amines is 1. The van der Waals surface area contributed by atoms with Gasteiger partial charge in [0, 0.05) is 51.0 Å². The van der Waals surface area contributed by atoms with Crippen LogP contribution in [0.3, 0.4) is 0 Å². The SMILES string of the molecule is O=C(c1cccnc1)N1CCN(C(=O)c2cc[nH]c2)CC1. The van der Waals surface area contributed by atoms with E-state index in [-0.39, 0.29) is 11.8 Å². The van der Waals surface area contributed by atoms with E-state index in [1.807, 2.05) is 0 Å². The second kappa shape index (κ2) is 5.78. The highest BCUT2D eigenvalue weighted by molar-refractivity contribution is 5.95. The van der Waals surface area contributed by atoms with Crippen LogP contribution >= 0.6 is 0 Å². The van der Waals surface area contributed by atoms with Crippen LogP contribution in [0.2, 0.25) is 0 Å². The monoisotopic (exact) mass is 284 g/mol. The lowest BCUT2D eigenvalue weighted by atomic mass is 10.2. The Morgan fingerprint density at radius 1 is 1.00 bits per heavy atom. The minimum Gasteiger partial charge on any atom is -0.367 e. The zero-order chi connectivity index (χ0) is 14.7. The maximum atomic E-state index is 12.3. The van der Waals surface area contributed by atoms with Crippen LogP contribution in [0.15, 0.2) is 43.0 Å². The summed E-state index contributed by atoms with van der Waals surface area (Å²) in [6, 6.07) is 5.26. The van der Waals surface area contributed by atoms with Crippen molar-refractivity contribution in [1.29, 1.82) is 0 Å². The summed E-state index contributed by atoms with van der Waals surface area (Å²) >= 11 is 0. The van der Waals surface area contributed by atoms with Gasteiger partial charge in [0.1, 0.15) is 0 Å². The van der Waals surface area contributed by atoms with Gasteiger partial charge in [-0.15, -0.1) is 0 Å². The average Bonchev–Trinajstić information content (AvgIpc) is 3.09. The molecular formula is C15H16N4O2. The maximum Gasteiger partial charge on any atom is 0.255 e. The van der Waals surface area contributed by atoms with Crippen LogP contribution < -0.4 is 0 Å². The lowest BCUT2D eigenvalue weighted by Crippen LogP contribution is -2.50. The number of nitrogens with zero attached hydrogens (tertiary/aromatic N) is 3. The van der Waals surface area contributed by atoms with Crippen LogP contribution in [0, 0.1) is 0 Å². The van der Waals surface area contributed by atoms with E-state index >= 15 is 0 Å². The minimum absolute atomic E-state index is 0.00438. The summed E-state index contributed by atoms with van der Waals surface area (Å²) in [6.45, 7) is 2.19. The Bertz CT molecular complexity index is 616. The van der Waals surface area contributed by atoms with Gasteiger partial charge in [-0.05, 0) is 18.2 Å². The molecule has 0 aromatic carbocycles. The number of aromatic nitrogens is 2. The van der Waals surface area contributed by atoms with E-state index in [0.717, 1.165) is 0 Å². The zero-order valence-corrected chi connectivity index (χ0v) is 11.5. The fraction of sp³-hybridized carbons (Fsp3) is 0.267. The highest BCUT2D eigenvalue weighted by atomic mass is 16.2. The summed E-state index contributed by atoms with van der Waals surface area (Å²) in [5, 5.41) is 0. The number of nitrogens with one attached hydrogen (secondary N) is 1. The van der Waals surface area contributed by atoms with E-state index in [2.05, 4.69) is 9.97 Å². The standard InChI is InChI=1S/C15H16N4O2/c20-14(12-2-1-4-16-10-12)18-6-8-19(9-7-18)15(21)13-3-5-17-11-13/h1-5,10-11,17H,6-9H2. The van der Waals surface area contributed by atoms with E-state index < -0.39 is 0 Å². The summed E-state index contributed by atoms with van der Waals surface area (Å²) in [6.07, 6.45) is 6.63. The third kappa shape index (κ3) is 2.79. The maximum absolute atomic E-state index is 12.3. The van der Waals surface area contributed by atoms with Gasteiger partial charge >= 0.3 is 0 Å². The van der Waals surface area contributed by atoms with Gasteiger partial charge in [-0.1, -0.05) is 0 Å². The van der Waals surface area contributed by atoms with Crippen molar-refractivity contribution in [2.75, 3.05) is 26.2 Å². The van der Waals surface area contributed by atoms with Gasteiger partial charge in [-0.3, -0.25) is 14.6 Å². The fourth-order valence-corrected chi connectivity index (χ4v) is 2.42. The molecule has 1 aliphatic heterocycles. The van der Waals surface area contributed by atoms with Crippen molar-refractivity contribution in [2.45, 2.75) is 0 Å². The first kappa shape index (κ1) is 13.4. The molecular weight excluding hydrogens is 268 g/mol. The Morgan fingerprint density at radius 3 is 2.19 bits per heavy atom. The second-order valence-electron chi connectivity index (χ2n) is 4.93. The zero-order valence-electron chi connectivity index (χ0n) is 11.5. The highest BCUT2D eigenvalue weighted by Crippen LogP contribution is 2.11. The molecule has 2 aromatic heterocycles. The molecule has 0 atom stereocenters. The Balaban J connectivity index is 1.60. The topological polar surface area (TPSA) is 69.3 Å². The summed E-state index contributed by atoms with van der Waals surface area (Å²) < 4.78 is 0. The van der Waals surface area contributed by atoms with Crippen molar-refractivity contribution in [2.24, 2.45) is 0 Å². The van der Waals surface area contributed by atoms with Crippen molar-refractivity contribution in [1.82, 2.24) is 19.8 Å².